The van der Waals surface area contributed by atoms with E-state index < -0.39 is 19.1 Å². The normalized spacial score (nSPS) is 12.7. The van der Waals surface area contributed by atoms with Crippen molar-refractivity contribution in [3.05, 3.63) is 17.0 Å². The molecule has 110 valence electrons. The smallest absolute Gasteiger partial charge is 0.270 e. The van der Waals surface area contributed by atoms with Crippen LogP contribution in [0.2, 0.25) is 0 Å². The average molecular weight is 348 g/mol. The van der Waals surface area contributed by atoms with Gasteiger partial charge >= 0.3 is 0 Å². The lowest BCUT2D eigenvalue weighted by molar-refractivity contribution is 0.163. The van der Waals surface area contributed by atoms with Gasteiger partial charge in [0, 0.05) is 28.7 Å². The molecule has 1 heterocycles. The minimum Gasteiger partial charge on any atom is -0.381 e. The van der Waals surface area contributed by atoms with E-state index in [1.54, 1.807) is 6.92 Å². The number of ether oxygens (including phenoxy) is 1. The molecule has 1 aromatic rings. The van der Waals surface area contributed by atoms with Crippen LogP contribution in [0, 0.1) is 0 Å². The van der Waals surface area contributed by atoms with Gasteiger partial charge in [0.1, 0.15) is 4.21 Å². The van der Waals surface area contributed by atoms with Crippen molar-refractivity contribution in [1.82, 2.24) is 4.72 Å². The Hall–Kier alpha value is -0.190. The summed E-state index contributed by atoms with van der Waals surface area (Å²) in [6, 6.07) is 2.86. The summed E-state index contributed by atoms with van der Waals surface area (Å²) in [4.78, 5) is 0.569. The van der Waals surface area contributed by atoms with Crippen LogP contribution in [-0.2, 0) is 30.4 Å². The first-order valence-corrected chi connectivity index (χ1v) is 10.1. The fourth-order valence-corrected chi connectivity index (χ4v) is 4.16. The quantitative estimate of drug-likeness (QED) is 0.562. The summed E-state index contributed by atoms with van der Waals surface area (Å²) in [5.74, 6) is -0.132. The van der Waals surface area contributed by atoms with Crippen molar-refractivity contribution in [2.75, 3.05) is 19.0 Å². The topological polar surface area (TPSA) is 89.5 Å². The summed E-state index contributed by atoms with van der Waals surface area (Å²) in [5, 5.41) is 0. The molecular weight excluding hydrogens is 334 g/mol. The van der Waals surface area contributed by atoms with Gasteiger partial charge in [0.05, 0.1) is 12.4 Å². The van der Waals surface area contributed by atoms with Crippen LogP contribution in [0.3, 0.4) is 0 Å². The van der Waals surface area contributed by atoms with Crippen LogP contribution >= 0.6 is 22.0 Å². The third kappa shape index (κ3) is 6.19. The van der Waals surface area contributed by atoms with Gasteiger partial charge in [-0.15, -0.1) is 11.3 Å². The zero-order valence-corrected chi connectivity index (χ0v) is 13.3. The van der Waals surface area contributed by atoms with E-state index in [0.29, 0.717) is 11.5 Å². The number of hydrogen-bond acceptors (Lipinski definition) is 6. The summed E-state index contributed by atoms with van der Waals surface area (Å²) < 4.78 is 52.5. The molecule has 0 saturated carbocycles. The van der Waals surface area contributed by atoms with E-state index >= 15 is 0 Å². The van der Waals surface area contributed by atoms with Crippen molar-refractivity contribution < 1.29 is 21.6 Å². The fraction of sp³-hybridized carbons (Fsp3) is 0.556. The number of halogens is 1. The van der Waals surface area contributed by atoms with E-state index in [1.165, 1.54) is 12.1 Å². The molecule has 1 aromatic heterocycles. The number of hydrogen-bond donors (Lipinski definition) is 1. The molecule has 0 atom stereocenters. The molecule has 0 aliphatic rings. The number of thiophene rings is 1. The standard InChI is InChI=1S/C9H14ClNO5S3/c1-2-16-5-6-18(12,13)11-7-8-3-4-9(17-8)19(10,14)15/h3-4,11H,2,5-7H2,1H3. The Balaban J connectivity index is 2.55. The van der Waals surface area contributed by atoms with E-state index in [0.717, 1.165) is 11.3 Å². The zero-order chi connectivity index (χ0) is 14.5. The van der Waals surface area contributed by atoms with E-state index in [4.69, 9.17) is 15.4 Å². The van der Waals surface area contributed by atoms with Crippen molar-refractivity contribution in [3.8, 4) is 0 Å². The highest BCUT2D eigenvalue weighted by atomic mass is 35.7. The molecule has 0 radical (unpaired) electrons. The van der Waals surface area contributed by atoms with E-state index in [9.17, 15) is 16.8 Å². The summed E-state index contributed by atoms with van der Waals surface area (Å²) >= 11 is 0.931. The van der Waals surface area contributed by atoms with Crippen LogP contribution in [-0.4, -0.2) is 35.8 Å². The van der Waals surface area contributed by atoms with Crippen molar-refractivity contribution in [2.45, 2.75) is 17.7 Å². The first kappa shape index (κ1) is 16.9. The number of rotatable bonds is 8. The third-order valence-electron chi connectivity index (χ3n) is 2.04. The van der Waals surface area contributed by atoms with E-state index in [2.05, 4.69) is 4.72 Å². The molecule has 6 nitrogen and oxygen atoms in total. The average Bonchev–Trinajstić information content (AvgIpc) is 2.75. The maximum Gasteiger partial charge on any atom is 0.270 e. The monoisotopic (exact) mass is 347 g/mol. The third-order valence-corrected chi connectivity index (χ3v) is 6.51. The van der Waals surface area contributed by atoms with Gasteiger partial charge < -0.3 is 4.74 Å². The molecule has 0 fully saturated rings. The van der Waals surface area contributed by atoms with E-state index in [1.807, 2.05) is 0 Å². The largest absolute Gasteiger partial charge is 0.381 e. The first-order valence-electron chi connectivity index (χ1n) is 5.33. The molecule has 10 heteroatoms. The van der Waals surface area contributed by atoms with Gasteiger partial charge in [-0.3, -0.25) is 0 Å². The molecule has 0 aliphatic carbocycles. The van der Waals surface area contributed by atoms with Gasteiger partial charge in [0.2, 0.25) is 10.0 Å². The maximum atomic E-state index is 11.6. The van der Waals surface area contributed by atoms with Crippen LogP contribution in [0.1, 0.15) is 11.8 Å². The first-order chi connectivity index (χ1) is 8.74. The van der Waals surface area contributed by atoms with Gasteiger partial charge in [-0.05, 0) is 19.1 Å². The Labute approximate surface area is 121 Å². The van der Waals surface area contributed by atoms with Gasteiger partial charge in [0.25, 0.3) is 9.05 Å². The Kier molecular flexibility index (Phi) is 6.21. The molecule has 0 saturated heterocycles. The zero-order valence-electron chi connectivity index (χ0n) is 10.1. The lowest BCUT2D eigenvalue weighted by atomic mass is 10.5. The van der Waals surface area contributed by atoms with Crippen LogP contribution in [0.25, 0.3) is 0 Å². The highest BCUT2D eigenvalue weighted by molar-refractivity contribution is 8.15. The SMILES string of the molecule is CCOCCS(=O)(=O)NCc1ccc(S(=O)(=O)Cl)s1. The molecule has 0 bridgehead atoms. The minimum atomic E-state index is -3.76. The molecule has 1 N–H and O–H groups in total. The number of nitrogens with one attached hydrogen (secondary N) is 1. The summed E-state index contributed by atoms with van der Waals surface area (Å²) in [6.07, 6.45) is 0. The molecule has 19 heavy (non-hydrogen) atoms. The highest BCUT2D eigenvalue weighted by Gasteiger charge is 2.15. The van der Waals surface area contributed by atoms with Gasteiger partial charge in [-0.1, -0.05) is 0 Å². The molecule has 0 aliphatic heterocycles. The van der Waals surface area contributed by atoms with Gasteiger partial charge in [0.15, 0.2) is 0 Å². The summed E-state index contributed by atoms with van der Waals surface area (Å²) in [6.45, 7) is 2.39. The predicted molar refractivity (Wildman–Crippen MR) is 74.5 cm³/mol. The van der Waals surface area contributed by atoms with Crippen molar-refractivity contribution in [3.63, 3.8) is 0 Å². The van der Waals surface area contributed by atoms with Crippen LogP contribution in [0.4, 0.5) is 0 Å². The van der Waals surface area contributed by atoms with Crippen molar-refractivity contribution in [1.29, 1.82) is 0 Å². The Morgan fingerprint density at radius 1 is 1.32 bits per heavy atom. The lowest BCUT2D eigenvalue weighted by Gasteiger charge is -2.05. The van der Waals surface area contributed by atoms with Gasteiger partial charge in [-0.2, -0.15) is 0 Å². The second kappa shape index (κ2) is 7.00. The maximum absolute atomic E-state index is 11.6. The second-order valence-electron chi connectivity index (χ2n) is 3.50. The molecule has 0 spiro atoms. The van der Waals surface area contributed by atoms with Gasteiger partial charge in [-0.25, -0.2) is 21.6 Å². The van der Waals surface area contributed by atoms with E-state index in [-0.39, 0.29) is 23.1 Å². The Morgan fingerprint density at radius 3 is 2.53 bits per heavy atom. The van der Waals surface area contributed by atoms with Crippen LogP contribution in [0.5, 0.6) is 0 Å². The Bertz CT molecular complexity index is 608. The molecule has 0 unspecified atom stereocenters. The fourth-order valence-electron chi connectivity index (χ4n) is 1.15. The summed E-state index contributed by atoms with van der Waals surface area (Å²) in [5.41, 5.74) is 0. The molecule has 0 aromatic carbocycles. The summed E-state index contributed by atoms with van der Waals surface area (Å²) in [7, 11) is -2.01. The second-order valence-corrected chi connectivity index (χ2v) is 9.38. The van der Waals surface area contributed by atoms with Crippen LogP contribution < -0.4 is 4.72 Å². The highest BCUT2D eigenvalue weighted by Crippen LogP contribution is 2.24. The predicted octanol–water partition coefficient (Wildman–Crippen LogP) is 1.13. The lowest BCUT2D eigenvalue weighted by Crippen LogP contribution is -2.27. The Morgan fingerprint density at radius 2 is 2.00 bits per heavy atom. The van der Waals surface area contributed by atoms with Crippen molar-refractivity contribution >= 4 is 41.1 Å². The molecule has 0 amide bonds. The molecular formula is C9H14ClNO5S3. The molecule has 1 rings (SSSR count). The van der Waals surface area contributed by atoms with Crippen molar-refractivity contribution in [2.24, 2.45) is 0 Å². The number of sulfonamides is 1. The minimum absolute atomic E-state index is 0.00215. The van der Waals surface area contributed by atoms with Crippen LogP contribution in [0.15, 0.2) is 16.3 Å².